The van der Waals surface area contributed by atoms with Gasteiger partial charge in [0, 0.05) is 47.5 Å². The third-order valence-corrected chi connectivity index (χ3v) is 7.50. The highest BCUT2D eigenvalue weighted by atomic mass is 32.2. The fraction of sp³-hybridized carbons (Fsp3) is 0.269. The van der Waals surface area contributed by atoms with Crippen molar-refractivity contribution in [2.24, 2.45) is 0 Å². The molecule has 9 nitrogen and oxygen atoms in total. The maximum atomic E-state index is 12.6. The molecule has 1 aliphatic rings. The average Bonchev–Trinajstić information content (AvgIpc) is 3.62. The minimum absolute atomic E-state index is 0.0740. The summed E-state index contributed by atoms with van der Waals surface area (Å²) in [5.74, 6) is 1.36. The molecule has 4 aromatic rings. The molecule has 36 heavy (non-hydrogen) atoms. The van der Waals surface area contributed by atoms with Crippen molar-refractivity contribution in [2.75, 3.05) is 30.2 Å². The molecule has 0 unspecified atom stereocenters. The third kappa shape index (κ3) is 5.62. The minimum atomic E-state index is -3.79. The molecule has 0 spiro atoms. The molecule has 1 atom stereocenters. The van der Waals surface area contributed by atoms with Crippen molar-refractivity contribution in [3.63, 3.8) is 0 Å². The minimum Gasteiger partial charge on any atom is -0.492 e. The van der Waals surface area contributed by atoms with E-state index in [9.17, 15) is 13.5 Å². The molecule has 10 heteroatoms. The molecule has 0 saturated heterocycles. The summed E-state index contributed by atoms with van der Waals surface area (Å²) in [6, 6.07) is 18.7. The molecule has 5 rings (SSSR count). The Hall–Kier alpha value is -3.60. The number of aliphatic hydroxyl groups excluding tert-OH is 1. The first-order chi connectivity index (χ1) is 17.4. The number of ether oxygens (including phenoxy) is 1. The number of aromatic amines is 1. The second-order valence-electron chi connectivity index (χ2n) is 8.96. The van der Waals surface area contributed by atoms with Gasteiger partial charge in [0.15, 0.2) is 0 Å². The molecule has 1 aromatic heterocycles. The van der Waals surface area contributed by atoms with E-state index < -0.39 is 16.1 Å². The summed E-state index contributed by atoms with van der Waals surface area (Å²) >= 11 is 0. The van der Waals surface area contributed by atoms with Crippen LogP contribution in [0.4, 0.5) is 11.4 Å². The van der Waals surface area contributed by atoms with Gasteiger partial charge in [-0.05, 0) is 60.9 Å². The lowest BCUT2D eigenvalue weighted by Gasteiger charge is -2.15. The fourth-order valence-corrected chi connectivity index (χ4v) is 5.19. The number of aromatic nitrogens is 2. The Morgan fingerprint density at radius 3 is 2.75 bits per heavy atom. The number of sulfonamides is 1. The Bertz CT molecular complexity index is 1470. The van der Waals surface area contributed by atoms with E-state index in [1.807, 2.05) is 18.2 Å². The van der Waals surface area contributed by atoms with Crippen LogP contribution in [0.15, 0.2) is 71.6 Å². The first-order valence-corrected chi connectivity index (χ1v) is 13.4. The molecule has 0 aliphatic heterocycles. The van der Waals surface area contributed by atoms with Gasteiger partial charge in [-0.25, -0.2) is 8.42 Å². The van der Waals surface area contributed by atoms with Crippen LogP contribution in [0, 0.1) is 0 Å². The van der Waals surface area contributed by atoms with Crippen molar-refractivity contribution < 1.29 is 18.3 Å². The summed E-state index contributed by atoms with van der Waals surface area (Å²) < 4.78 is 33.6. The van der Waals surface area contributed by atoms with Crippen molar-refractivity contribution >= 4 is 32.3 Å². The highest BCUT2D eigenvalue weighted by Crippen LogP contribution is 2.42. The number of nitrogens with two attached hydrogens (primary N) is 1. The van der Waals surface area contributed by atoms with E-state index in [2.05, 4.69) is 20.2 Å². The molecule has 0 bridgehead atoms. The number of benzene rings is 3. The Morgan fingerprint density at radius 1 is 1.11 bits per heavy atom. The normalized spacial score (nSPS) is 14.6. The maximum Gasteiger partial charge on any atom is 0.261 e. The first-order valence-electron chi connectivity index (χ1n) is 11.9. The zero-order chi connectivity index (χ0) is 25.1. The van der Waals surface area contributed by atoms with Crippen molar-refractivity contribution in [1.82, 2.24) is 15.5 Å². The van der Waals surface area contributed by atoms with Crippen LogP contribution < -0.4 is 20.5 Å². The van der Waals surface area contributed by atoms with Crippen LogP contribution >= 0.6 is 0 Å². The molecule has 3 aromatic carbocycles. The molecular formula is C26H29N5O4S. The summed E-state index contributed by atoms with van der Waals surface area (Å²) in [6.45, 7) is 1.25. The first kappa shape index (κ1) is 24.1. The molecule has 1 heterocycles. The van der Waals surface area contributed by atoms with Gasteiger partial charge in [0.25, 0.3) is 10.0 Å². The summed E-state index contributed by atoms with van der Waals surface area (Å²) in [7, 11) is -3.79. The quantitative estimate of drug-likeness (QED) is 0.154. The second kappa shape index (κ2) is 10.2. The van der Waals surface area contributed by atoms with E-state index in [4.69, 9.17) is 10.5 Å². The van der Waals surface area contributed by atoms with E-state index in [1.54, 1.807) is 36.4 Å². The van der Waals surface area contributed by atoms with Crippen LogP contribution in [0.2, 0.25) is 0 Å². The molecule has 188 valence electrons. The number of nitrogens with zero attached hydrogens (tertiary/aromatic N) is 1. The second-order valence-corrected chi connectivity index (χ2v) is 10.6. The number of hydrogen-bond donors (Lipinski definition) is 5. The smallest absolute Gasteiger partial charge is 0.261 e. The van der Waals surface area contributed by atoms with Crippen molar-refractivity contribution in [3.8, 4) is 5.75 Å². The van der Waals surface area contributed by atoms with Gasteiger partial charge in [-0.1, -0.05) is 18.2 Å². The SMILES string of the molecule is Nc1cccc(S(=O)(=O)Nc2cccc([C@@H](O)CNCCOc3ccc4c(C5CC5)[nH]nc4c3)c2)c1. The third-order valence-electron chi connectivity index (χ3n) is 6.12. The van der Waals surface area contributed by atoms with Gasteiger partial charge >= 0.3 is 0 Å². The topological polar surface area (TPSA) is 142 Å². The van der Waals surface area contributed by atoms with E-state index >= 15 is 0 Å². The van der Waals surface area contributed by atoms with Gasteiger partial charge in [0.05, 0.1) is 16.5 Å². The maximum absolute atomic E-state index is 12.6. The van der Waals surface area contributed by atoms with Crippen LogP contribution in [0.5, 0.6) is 5.75 Å². The van der Waals surface area contributed by atoms with Crippen LogP contribution in [0.25, 0.3) is 10.9 Å². The van der Waals surface area contributed by atoms with Gasteiger partial charge in [-0.2, -0.15) is 5.10 Å². The molecule has 1 saturated carbocycles. The monoisotopic (exact) mass is 507 g/mol. The van der Waals surface area contributed by atoms with Crippen molar-refractivity contribution in [2.45, 2.75) is 29.8 Å². The van der Waals surface area contributed by atoms with Crippen molar-refractivity contribution in [3.05, 3.63) is 78.0 Å². The van der Waals surface area contributed by atoms with Crippen LogP contribution in [0.3, 0.4) is 0 Å². The van der Waals surface area contributed by atoms with Gasteiger partial charge in [0.2, 0.25) is 0 Å². The van der Waals surface area contributed by atoms with Gasteiger partial charge in [-0.3, -0.25) is 9.82 Å². The Kier molecular flexibility index (Phi) is 6.82. The lowest BCUT2D eigenvalue weighted by atomic mass is 10.1. The predicted octanol–water partition coefficient (Wildman–Crippen LogP) is 3.53. The van der Waals surface area contributed by atoms with E-state index in [-0.39, 0.29) is 11.4 Å². The lowest BCUT2D eigenvalue weighted by Crippen LogP contribution is -2.26. The number of H-pyrrole nitrogens is 1. The summed E-state index contributed by atoms with van der Waals surface area (Å²) in [4.78, 5) is 0.0740. The number of rotatable bonds is 11. The van der Waals surface area contributed by atoms with E-state index in [1.165, 1.54) is 30.7 Å². The molecule has 0 radical (unpaired) electrons. The summed E-state index contributed by atoms with van der Waals surface area (Å²) in [5, 5.41) is 22.4. The molecule has 0 amide bonds. The molecule has 1 fully saturated rings. The number of nitrogen functional groups attached to an aromatic ring is 1. The standard InChI is InChI=1S/C26H29N5O4S/c27-19-4-2-6-22(14-19)36(33,34)31-20-5-1-3-18(13-20)25(32)16-28-11-12-35-21-9-10-23-24(15-21)29-30-26(23)17-7-8-17/h1-6,9-10,13-15,17,25,28,31-32H,7-8,11-12,16,27H2,(H,29,30)/t25-/m0/s1. The van der Waals surface area contributed by atoms with Gasteiger partial charge < -0.3 is 20.9 Å². The highest BCUT2D eigenvalue weighted by molar-refractivity contribution is 7.92. The number of fused-ring (bicyclic) bond motifs is 1. The molecule has 6 N–H and O–H groups in total. The largest absolute Gasteiger partial charge is 0.492 e. The lowest BCUT2D eigenvalue weighted by molar-refractivity contribution is 0.172. The predicted molar refractivity (Wildman–Crippen MR) is 139 cm³/mol. The molecule has 1 aliphatic carbocycles. The molecular weight excluding hydrogens is 478 g/mol. The zero-order valence-corrected chi connectivity index (χ0v) is 20.5. The number of hydrogen-bond acceptors (Lipinski definition) is 7. The van der Waals surface area contributed by atoms with E-state index in [0.29, 0.717) is 36.0 Å². The van der Waals surface area contributed by atoms with Crippen LogP contribution in [-0.2, 0) is 10.0 Å². The number of nitrogens with one attached hydrogen (secondary N) is 3. The highest BCUT2D eigenvalue weighted by Gasteiger charge is 2.27. The zero-order valence-electron chi connectivity index (χ0n) is 19.6. The fourth-order valence-electron chi connectivity index (χ4n) is 4.09. The van der Waals surface area contributed by atoms with Gasteiger partial charge in [-0.15, -0.1) is 0 Å². The van der Waals surface area contributed by atoms with Crippen LogP contribution in [0.1, 0.15) is 36.1 Å². The number of aliphatic hydroxyl groups is 1. The Labute approximate surface area is 209 Å². The van der Waals surface area contributed by atoms with Crippen LogP contribution in [-0.4, -0.2) is 43.4 Å². The Balaban J connectivity index is 1.10. The summed E-state index contributed by atoms with van der Waals surface area (Å²) in [5.41, 5.74) is 9.14. The van der Waals surface area contributed by atoms with Gasteiger partial charge in [0.1, 0.15) is 12.4 Å². The van der Waals surface area contributed by atoms with E-state index in [0.717, 1.165) is 16.7 Å². The average molecular weight is 508 g/mol. The van der Waals surface area contributed by atoms with Crippen molar-refractivity contribution in [1.29, 1.82) is 0 Å². The Morgan fingerprint density at radius 2 is 1.94 bits per heavy atom. The summed E-state index contributed by atoms with van der Waals surface area (Å²) in [6.07, 6.45) is 1.62. The number of anilines is 2.